The number of amides is 1. The van der Waals surface area contributed by atoms with Gasteiger partial charge in [0.15, 0.2) is 0 Å². The van der Waals surface area contributed by atoms with E-state index in [9.17, 15) is 25.2 Å². The maximum Gasteiger partial charge on any atom is 0.249 e. The SMILES string of the molecule is CCCCC/C=C\C=C/CCCCCCCC(O)C(=O)NC(CO)C(O)C(O)CCC/C=C/CC/C=C/CCCCCCCCC. The molecule has 5 N–H and O–H groups in total. The van der Waals surface area contributed by atoms with Crippen molar-refractivity contribution in [2.45, 2.75) is 192 Å². The molecule has 6 heteroatoms. The molecule has 0 aromatic carbocycles. The van der Waals surface area contributed by atoms with Gasteiger partial charge in [0, 0.05) is 0 Å². The van der Waals surface area contributed by atoms with Gasteiger partial charge in [-0.15, -0.1) is 0 Å². The van der Waals surface area contributed by atoms with Crippen LogP contribution in [0.3, 0.4) is 0 Å². The van der Waals surface area contributed by atoms with Crippen molar-refractivity contribution in [1.29, 1.82) is 0 Å². The number of allylic oxidation sites excluding steroid dienone is 8. The molecule has 46 heavy (non-hydrogen) atoms. The van der Waals surface area contributed by atoms with Gasteiger partial charge in [-0.2, -0.15) is 0 Å². The van der Waals surface area contributed by atoms with Crippen LogP contribution >= 0.6 is 0 Å². The van der Waals surface area contributed by atoms with Gasteiger partial charge in [0.1, 0.15) is 12.2 Å². The Morgan fingerprint density at radius 1 is 0.543 bits per heavy atom. The number of nitrogens with one attached hydrogen (secondary N) is 1. The Morgan fingerprint density at radius 3 is 1.54 bits per heavy atom. The van der Waals surface area contributed by atoms with Crippen LogP contribution in [0, 0.1) is 0 Å². The topological polar surface area (TPSA) is 110 Å². The van der Waals surface area contributed by atoms with Crippen molar-refractivity contribution >= 4 is 5.91 Å². The van der Waals surface area contributed by atoms with Crippen LogP contribution in [0.5, 0.6) is 0 Å². The Bertz CT molecular complexity index is 778. The van der Waals surface area contributed by atoms with E-state index in [0.717, 1.165) is 64.2 Å². The quantitative estimate of drug-likeness (QED) is 0.0277. The lowest BCUT2D eigenvalue weighted by molar-refractivity contribution is -0.132. The summed E-state index contributed by atoms with van der Waals surface area (Å²) in [5.41, 5.74) is 0. The summed E-state index contributed by atoms with van der Waals surface area (Å²) in [6, 6.07) is -1.01. The largest absolute Gasteiger partial charge is 0.394 e. The molecule has 1 amide bonds. The minimum Gasteiger partial charge on any atom is -0.394 e. The highest BCUT2D eigenvalue weighted by Gasteiger charge is 2.28. The van der Waals surface area contributed by atoms with Crippen molar-refractivity contribution in [1.82, 2.24) is 5.32 Å². The van der Waals surface area contributed by atoms with E-state index in [1.54, 1.807) is 0 Å². The zero-order valence-corrected chi connectivity index (χ0v) is 29.8. The van der Waals surface area contributed by atoms with Gasteiger partial charge >= 0.3 is 0 Å². The van der Waals surface area contributed by atoms with E-state index < -0.39 is 36.9 Å². The van der Waals surface area contributed by atoms with Crippen molar-refractivity contribution in [2.75, 3.05) is 6.61 Å². The van der Waals surface area contributed by atoms with Crippen LogP contribution in [0.4, 0.5) is 0 Å². The fraction of sp³-hybridized carbons (Fsp3) is 0.775. The number of aliphatic hydroxyl groups excluding tert-OH is 4. The monoisotopic (exact) mass is 648 g/mol. The van der Waals surface area contributed by atoms with E-state index in [-0.39, 0.29) is 0 Å². The molecule has 0 radical (unpaired) electrons. The molecule has 0 spiro atoms. The molecule has 0 rings (SSSR count). The maximum atomic E-state index is 12.4. The van der Waals surface area contributed by atoms with Crippen molar-refractivity contribution in [3.63, 3.8) is 0 Å². The summed E-state index contributed by atoms with van der Waals surface area (Å²) in [6.45, 7) is 3.96. The van der Waals surface area contributed by atoms with Crippen LogP contribution in [0.2, 0.25) is 0 Å². The lowest BCUT2D eigenvalue weighted by atomic mass is 10.00. The van der Waals surface area contributed by atoms with Gasteiger partial charge in [0.05, 0.1) is 18.8 Å². The van der Waals surface area contributed by atoms with E-state index in [1.807, 2.05) is 0 Å². The van der Waals surface area contributed by atoms with Crippen LogP contribution in [0.25, 0.3) is 0 Å². The van der Waals surface area contributed by atoms with Crippen LogP contribution in [0.1, 0.15) is 168 Å². The summed E-state index contributed by atoms with van der Waals surface area (Å²) in [5.74, 6) is -0.613. The van der Waals surface area contributed by atoms with Crippen molar-refractivity contribution in [3.8, 4) is 0 Å². The molecule has 0 aromatic heterocycles. The maximum absolute atomic E-state index is 12.4. The molecular weight excluding hydrogens is 574 g/mol. The third-order valence-corrected chi connectivity index (χ3v) is 8.52. The van der Waals surface area contributed by atoms with Gasteiger partial charge in [-0.05, 0) is 77.0 Å². The number of hydrogen-bond donors (Lipinski definition) is 5. The number of aliphatic hydroxyl groups is 4. The first-order chi connectivity index (χ1) is 22.5. The first-order valence-electron chi connectivity index (χ1n) is 19.0. The highest BCUT2D eigenvalue weighted by Crippen LogP contribution is 2.13. The molecule has 0 aromatic rings. The molecule has 4 atom stereocenters. The smallest absolute Gasteiger partial charge is 0.249 e. The van der Waals surface area contributed by atoms with Gasteiger partial charge in [0.2, 0.25) is 5.91 Å². The van der Waals surface area contributed by atoms with Gasteiger partial charge in [-0.25, -0.2) is 0 Å². The fourth-order valence-electron chi connectivity index (χ4n) is 5.41. The predicted octanol–water partition coefficient (Wildman–Crippen LogP) is 9.17. The zero-order valence-electron chi connectivity index (χ0n) is 29.8. The predicted molar refractivity (Wildman–Crippen MR) is 196 cm³/mol. The standard InChI is InChI=1S/C40H73NO5/c1-3-5-7-9-11-13-15-17-19-20-22-23-25-27-29-31-33-37(43)39(45)36(35-42)41-40(46)38(44)34-32-30-28-26-24-21-18-16-14-12-10-8-6-4-2/h12,14,16,18-20,25,27,36-39,42-45H,3-11,13,15,17,21-24,26,28-35H2,1-2H3,(H,41,46)/b14-12-,18-16-,20-19+,27-25+. The first-order valence-corrected chi connectivity index (χ1v) is 19.0. The average molecular weight is 648 g/mol. The Morgan fingerprint density at radius 2 is 0.978 bits per heavy atom. The Hall–Kier alpha value is -1.73. The second kappa shape index (κ2) is 34.6. The normalized spacial score (nSPS) is 15.0. The fourth-order valence-corrected chi connectivity index (χ4v) is 5.41. The Kier molecular flexibility index (Phi) is 33.3. The first kappa shape index (κ1) is 44.3. The second-order valence-corrected chi connectivity index (χ2v) is 12.9. The third-order valence-electron chi connectivity index (χ3n) is 8.52. The Balaban J connectivity index is 3.93. The number of hydrogen-bond acceptors (Lipinski definition) is 5. The summed E-state index contributed by atoms with van der Waals surface area (Å²) in [6.07, 6.45) is 39.8. The van der Waals surface area contributed by atoms with Crippen LogP contribution < -0.4 is 5.32 Å². The minimum absolute atomic E-state index is 0.340. The summed E-state index contributed by atoms with van der Waals surface area (Å²) in [4.78, 5) is 12.4. The third kappa shape index (κ3) is 28.5. The number of unbranched alkanes of at least 4 members (excludes halogenated alkanes) is 17. The molecule has 268 valence electrons. The van der Waals surface area contributed by atoms with E-state index >= 15 is 0 Å². The summed E-state index contributed by atoms with van der Waals surface area (Å²) in [5, 5.41) is 43.4. The lowest BCUT2D eigenvalue weighted by Crippen LogP contribution is -2.53. The second-order valence-electron chi connectivity index (χ2n) is 12.9. The molecule has 6 nitrogen and oxygen atoms in total. The van der Waals surface area contributed by atoms with Gasteiger partial charge in [-0.3, -0.25) is 4.79 Å². The highest BCUT2D eigenvalue weighted by atomic mass is 16.3. The molecule has 0 aliphatic heterocycles. The van der Waals surface area contributed by atoms with Gasteiger partial charge in [-0.1, -0.05) is 140 Å². The molecular formula is C40H73NO5. The highest BCUT2D eigenvalue weighted by molar-refractivity contribution is 5.80. The minimum atomic E-state index is -1.29. The van der Waals surface area contributed by atoms with E-state index in [0.29, 0.717) is 19.3 Å². The summed E-state index contributed by atoms with van der Waals surface area (Å²) in [7, 11) is 0. The summed E-state index contributed by atoms with van der Waals surface area (Å²) < 4.78 is 0. The molecule has 0 aliphatic carbocycles. The molecule has 4 unspecified atom stereocenters. The van der Waals surface area contributed by atoms with E-state index in [4.69, 9.17) is 0 Å². The molecule has 0 fully saturated rings. The zero-order chi connectivity index (χ0) is 33.9. The van der Waals surface area contributed by atoms with Crippen molar-refractivity contribution < 1.29 is 25.2 Å². The van der Waals surface area contributed by atoms with Crippen molar-refractivity contribution in [2.24, 2.45) is 0 Å². The lowest BCUT2D eigenvalue weighted by Gasteiger charge is -2.27. The molecule has 0 aliphatic rings. The van der Waals surface area contributed by atoms with Crippen LogP contribution in [0.15, 0.2) is 48.6 Å². The van der Waals surface area contributed by atoms with Gasteiger partial charge in [0.25, 0.3) is 0 Å². The molecule has 0 bridgehead atoms. The average Bonchev–Trinajstić information content (AvgIpc) is 3.06. The Labute approximate surface area is 283 Å². The number of carbonyl (C=O) groups is 1. The number of carbonyl (C=O) groups excluding carboxylic acids is 1. The van der Waals surface area contributed by atoms with Crippen LogP contribution in [-0.4, -0.2) is 57.3 Å². The van der Waals surface area contributed by atoms with Gasteiger partial charge < -0.3 is 25.7 Å². The van der Waals surface area contributed by atoms with Crippen LogP contribution in [-0.2, 0) is 4.79 Å². The molecule has 0 saturated carbocycles. The van der Waals surface area contributed by atoms with E-state index in [1.165, 1.54) is 70.6 Å². The molecule has 0 heterocycles. The summed E-state index contributed by atoms with van der Waals surface area (Å²) >= 11 is 0. The molecule has 0 saturated heterocycles. The van der Waals surface area contributed by atoms with Crippen molar-refractivity contribution in [3.05, 3.63) is 48.6 Å². The van der Waals surface area contributed by atoms with E-state index in [2.05, 4.69) is 67.8 Å². The number of rotatable bonds is 33.